The lowest BCUT2D eigenvalue weighted by Crippen LogP contribution is -2.34. The molecule has 1 aliphatic rings. The third-order valence-electron chi connectivity index (χ3n) is 4.51. The largest absolute Gasteiger partial charge is 0.377 e. The van der Waals surface area contributed by atoms with Crippen LogP contribution < -0.4 is 21.9 Å². The molecule has 6 nitrogen and oxygen atoms in total. The van der Waals surface area contributed by atoms with E-state index in [9.17, 15) is 9.59 Å². The number of halogens is 3. The molecule has 2 amide bonds. The first-order chi connectivity index (χ1) is 14.9. The number of anilines is 2. The van der Waals surface area contributed by atoms with E-state index in [1.165, 1.54) is 0 Å². The predicted molar refractivity (Wildman–Crippen MR) is 129 cm³/mol. The van der Waals surface area contributed by atoms with E-state index >= 15 is 0 Å². The number of hydrazine groups is 1. The topological polar surface area (TPSA) is 96.2 Å². The molecular formula is C22H19BrCl2N4O2. The van der Waals surface area contributed by atoms with Crippen LogP contribution in [-0.4, -0.2) is 11.8 Å². The molecule has 0 saturated heterocycles. The lowest BCUT2D eigenvalue weighted by atomic mass is 9.92. The van der Waals surface area contributed by atoms with Gasteiger partial charge in [-0.3, -0.25) is 10.2 Å². The fourth-order valence-corrected chi connectivity index (χ4v) is 3.57. The molecule has 0 radical (unpaired) electrons. The number of benzene rings is 3. The standard InChI is InChI=1S/C15H11BrClNO.C7H8ClN3O/c16-10-3-1-9(2-4-10)14-8-15(19)12-7-11(17)5-6-13(12)18-14;8-5-1-3-6(4-2-5)10-7(12)11-9/h1-7,14,18H,8H2;1-4H,9H2,(H2,10,11,12). The lowest BCUT2D eigenvalue weighted by Gasteiger charge is -2.26. The van der Waals surface area contributed by atoms with Crippen molar-refractivity contribution in [2.24, 2.45) is 5.84 Å². The van der Waals surface area contributed by atoms with Gasteiger partial charge in [0.25, 0.3) is 0 Å². The first-order valence-electron chi connectivity index (χ1n) is 9.23. The molecule has 0 saturated carbocycles. The van der Waals surface area contributed by atoms with Crippen molar-refractivity contribution < 1.29 is 9.59 Å². The number of amides is 2. The van der Waals surface area contributed by atoms with Gasteiger partial charge >= 0.3 is 6.03 Å². The average Bonchev–Trinajstić information content (AvgIpc) is 2.76. The summed E-state index contributed by atoms with van der Waals surface area (Å²) >= 11 is 15.0. The van der Waals surface area contributed by atoms with Crippen LogP contribution in [0.5, 0.6) is 0 Å². The van der Waals surface area contributed by atoms with Crippen LogP contribution in [0, 0.1) is 0 Å². The number of Topliss-reactive ketones (excluding diaryl/α,β-unsaturated/α-hetero) is 1. The third kappa shape index (κ3) is 6.45. The second kappa shape index (κ2) is 10.6. The first-order valence-corrected chi connectivity index (χ1v) is 10.8. The number of nitrogens with one attached hydrogen (secondary N) is 3. The smallest absolute Gasteiger partial charge is 0.333 e. The van der Waals surface area contributed by atoms with Crippen molar-refractivity contribution >= 4 is 62.3 Å². The Morgan fingerprint density at radius 1 is 1.00 bits per heavy atom. The number of nitrogens with two attached hydrogens (primary N) is 1. The van der Waals surface area contributed by atoms with Gasteiger partial charge in [0.2, 0.25) is 0 Å². The van der Waals surface area contributed by atoms with Gasteiger partial charge < -0.3 is 10.6 Å². The molecule has 3 aromatic carbocycles. The van der Waals surface area contributed by atoms with Crippen molar-refractivity contribution in [3.63, 3.8) is 0 Å². The Hall–Kier alpha value is -2.58. The highest BCUT2D eigenvalue weighted by Gasteiger charge is 2.25. The fourth-order valence-electron chi connectivity index (χ4n) is 3.00. The van der Waals surface area contributed by atoms with E-state index in [1.54, 1.807) is 36.4 Å². The minimum Gasteiger partial charge on any atom is -0.377 e. The first kappa shape index (κ1) is 23.1. The molecule has 31 heavy (non-hydrogen) atoms. The zero-order valence-corrected chi connectivity index (χ0v) is 19.3. The number of carbonyl (C=O) groups is 2. The molecule has 160 valence electrons. The van der Waals surface area contributed by atoms with Crippen molar-refractivity contribution in [1.82, 2.24) is 5.43 Å². The second-order valence-electron chi connectivity index (χ2n) is 6.67. The van der Waals surface area contributed by atoms with E-state index in [2.05, 4.69) is 26.6 Å². The Balaban J connectivity index is 0.000000196. The van der Waals surface area contributed by atoms with Crippen molar-refractivity contribution in [1.29, 1.82) is 0 Å². The van der Waals surface area contributed by atoms with Crippen molar-refractivity contribution in [2.75, 3.05) is 10.6 Å². The van der Waals surface area contributed by atoms with Crippen LogP contribution in [-0.2, 0) is 0 Å². The van der Waals surface area contributed by atoms with E-state index < -0.39 is 6.03 Å². The van der Waals surface area contributed by atoms with E-state index in [1.807, 2.05) is 35.8 Å². The number of rotatable bonds is 2. The zero-order chi connectivity index (χ0) is 22.4. The molecule has 1 heterocycles. The molecule has 0 aliphatic carbocycles. The minimum absolute atomic E-state index is 0.0225. The Kier molecular flexibility index (Phi) is 7.92. The van der Waals surface area contributed by atoms with E-state index in [4.69, 9.17) is 29.0 Å². The van der Waals surface area contributed by atoms with Crippen LogP contribution in [0.3, 0.4) is 0 Å². The average molecular weight is 522 g/mol. The van der Waals surface area contributed by atoms with Gasteiger partial charge in [-0.2, -0.15) is 0 Å². The van der Waals surface area contributed by atoms with Crippen LogP contribution in [0.15, 0.2) is 71.2 Å². The Morgan fingerprint density at radius 3 is 2.29 bits per heavy atom. The fraction of sp³-hybridized carbons (Fsp3) is 0.0909. The molecule has 4 rings (SSSR count). The summed E-state index contributed by atoms with van der Waals surface area (Å²) in [4.78, 5) is 22.9. The van der Waals surface area contributed by atoms with Gasteiger partial charge in [0.1, 0.15) is 0 Å². The highest BCUT2D eigenvalue weighted by molar-refractivity contribution is 9.10. The summed E-state index contributed by atoms with van der Waals surface area (Å²) in [6.07, 6.45) is 0.453. The second-order valence-corrected chi connectivity index (χ2v) is 8.46. The molecule has 1 unspecified atom stereocenters. The van der Waals surface area contributed by atoms with Gasteiger partial charge in [0.05, 0.1) is 6.04 Å². The maximum atomic E-state index is 12.2. The van der Waals surface area contributed by atoms with Crippen molar-refractivity contribution in [3.8, 4) is 0 Å². The van der Waals surface area contributed by atoms with Gasteiger partial charge in [-0.15, -0.1) is 0 Å². The van der Waals surface area contributed by atoms with Gasteiger partial charge in [-0.1, -0.05) is 51.3 Å². The number of ketones is 1. The third-order valence-corrected chi connectivity index (χ3v) is 5.52. The summed E-state index contributed by atoms with van der Waals surface area (Å²) in [5.41, 5.74) is 5.23. The quantitative estimate of drug-likeness (QED) is 0.184. The molecule has 1 aliphatic heterocycles. The van der Waals surface area contributed by atoms with Gasteiger partial charge in [-0.05, 0) is 60.2 Å². The highest BCUT2D eigenvalue weighted by atomic mass is 79.9. The Labute approximate surface area is 198 Å². The summed E-state index contributed by atoms with van der Waals surface area (Å²) in [6, 6.07) is 19.7. The van der Waals surface area contributed by atoms with E-state index in [0.29, 0.717) is 27.7 Å². The predicted octanol–water partition coefficient (Wildman–Crippen LogP) is 6.18. The number of urea groups is 1. The number of hydrogen-bond acceptors (Lipinski definition) is 4. The molecule has 0 fully saturated rings. The van der Waals surface area contributed by atoms with Crippen LogP contribution in [0.2, 0.25) is 10.0 Å². The van der Waals surface area contributed by atoms with Gasteiger partial charge in [-0.25, -0.2) is 10.6 Å². The molecular weight excluding hydrogens is 503 g/mol. The van der Waals surface area contributed by atoms with Gasteiger partial charge in [0.15, 0.2) is 5.78 Å². The monoisotopic (exact) mass is 520 g/mol. The normalized spacial score (nSPS) is 14.5. The SMILES string of the molecule is NNC(=O)Nc1ccc(Cl)cc1.O=C1CC(c2ccc(Br)cc2)Nc2ccc(Cl)cc21. The minimum atomic E-state index is -0.461. The van der Waals surface area contributed by atoms with E-state index in [0.717, 1.165) is 15.7 Å². The zero-order valence-electron chi connectivity index (χ0n) is 16.2. The molecule has 0 aromatic heterocycles. The maximum absolute atomic E-state index is 12.2. The molecule has 0 spiro atoms. The molecule has 0 bridgehead atoms. The Morgan fingerprint density at radius 2 is 1.65 bits per heavy atom. The van der Waals surface area contributed by atoms with Crippen LogP contribution in [0.4, 0.5) is 16.2 Å². The van der Waals surface area contributed by atoms with Crippen LogP contribution >= 0.6 is 39.1 Å². The number of carbonyl (C=O) groups excluding carboxylic acids is 2. The molecule has 5 N–H and O–H groups in total. The van der Waals surface area contributed by atoms with Crippen LogP contribution in [0.25, 0.3) is 0 Å². The summed E-state index contributed by atoms with van der Waals surface area (Å²) in [5, 5.41) is 7.09. The lowest BCUT2D eigenvalue weighted by molar-refractivity contribution is 0.0972. The van der Waals surface area contributed by atoms with Gasteiger partial charge in [0, 0.05) is 37.9 Å². The summed E-state index contributed by atoms with van der Waals surface area (Å²) in [6.45, 7) is 0. The number of fused-ring (bicyclic) bond motifs is 1. The summed E-state index contributed by atoms with van der Waals surface area (Å²) < 4.78 is 1.03. The Bertz CT molecular complexity index is 1080. The summed E-state index contributed by atoms with van der Waals surface area (Å²) in [5.74, 6) is 4.99. The maximum Gasteiger partial charge on any atom is 0.333 e. The van der Waals surface area contributed by atoms with E-state index in [-0.39, 0.29) is 11.8 Å². The highest BCUT2D eigenvalue weighted by Crippen LogP contribution is 2.34. The molecule has 1 atom stereocenters. The van der Waals surface area contributed by atoms with Crippen molar-refractivity contribution in [3.05, 3.63) is 92.4 Å². The summed E-state index contributed by atoms with van der Waals surface area (Å²) in [7, 11) is 0. The number of hydrogen-bond donors (Lipinski definition) is 4. The van der Waals surface area contributed by atoms with Crippen molar-refractivity contribution in [2.45, 2.75) is 12.5 Å². The van der Waals surface area contributed by atoms with Crippen LogP contribution in [0.1, 0.15) is 28.4 Å². The molecule has 9 heteroatoms. The molecule has 3 aromatic rings.